The number of hydrogen-bond acceptors (Lipinski definition) is 0. The lowest BCUT2D eigenvalue weighted by Gasteiger charge is -2.05. The van der Waals surface area contributed by atoms with Crippen LogP contribution in [0.2, 0.25) is 0 Å². The Morgan fingerprint density at radius 1 is 1.30 bits per heavy atom. The Balaban J connectivity index is 2.29. The summed E-state index contributed by atoms with van der Waals surface area (Å²) in [5, 5.41) is 0. The quantitative estimate of drug-likeness (QED) is 0.444. The molecule has 0 saturated heterocycles. The van der Waals surface area contributed by atoms with E-state index in [4.69, 9.17) is 0 Å². The largest absolute Gasteiger partial charge is 0.0992 e. The van der Waals surface area contributed by atoms with Gasteiger partial charge in [-0.1, -0.05) is 29.9 Å². The summed E-state index contributed by atoms with van der Waals surface area (Å²) in [6, 6.07) is 0. The summed E-state index contributed by atoms with van der Waals surface area (Å²) in [6.07, 6.45) is 9.40. The van der Waals surface area contributed by atoms with Crippen molar-refractivity contribution < 1.29 is 0 Å². The Hall–Kier alpha value is -0.780. The maximum atomic E-state index is 4.00. The molecule has 2 aliphatic carbocycles. The SMILES string of the molecule is C=C1CC2=C(CCC=C2)C1. The molecule has 0 heteroatoms. The van der Waals surface area contributed by atoms with Crippen LogP contribution in [-0.2, 0) is 0 Å². The van der Waals surface area contributed by atoms with Crippen LogP contribution in [0.4, 0.5) is 0 Å². The van der Waals surface area contributed by atoms with Gasteiger partial charge in [-0.25, -0.2) is 0 Å². The molecule has 0 unspecified atom stereocenters. The van der Waals surface area contributed by atoms with Gasteiger partial charge in [0, 0.05) is 0 Å². The second-order valence-electron chi connectivity index (χ2n) is 3.17. The minimum absolute atomic E-state index is 1.14. The smallest absolute Gasteiger partial charge is 0.00670 e. The van der Waals surface area contributed by atoms with Gasteiger partial charge in [0.15, 0.2) is 0 Å². The zero-order valence-electron chi connectivity index (χ0n) is 6.19. The van der Waals surface area contributed by atoms with E-state index in [-0.39, 0.29) is 0 Å². The van der Waals surface area contributed by atoms with E-state index in [1.165, 1.54) is 24.8 Å². The molecule has 10 heavy (non-hydrogen) atoms. The van der Waals surface area contributed by atoms with E-state index in [1.807, 2.05) is 0 Å². The number of rotatable bonds is 0. The second-order valence-corrected chi connectivity index (χ2v) is 3.17. The average molecular weight is 132 g/mol. The normalized spacial score (nSPS) is 23.8. The molecule has 0 bridgehead atoms. The molecule has 0 atom stereocenters. The first-order valence-corrected chi connectivity index (χ1v) is 3.90. The molecular formula is C10H12. The van der Waals surface area contributed by atoms with Gasteiger partial charge in [-0.2, -0.15) is 0 Å². The monoisotopic (exact) mass is 132 g/mol. The molecule has 2 rings (SSSR count). The van der Waals surface area contributed by atoms with Crippen molar-refractivity contribution in [1.29, 1.82) is 0 Å². The highest BCUT2D eigenvalue weighted by atomic mass is 14.2. The number of hydrogen-bond donors (Lipinski definition) is 0. The molecular weight excluding hydrogens is 120 g/mol. The summed E-state index contributed by atoms with van der Waals surface area (Å²) in [5.41, 5.74) is 4.60. The van der Waals surface area contributed by atoms with E-state index in [9.17, 15) is 0 Å². The van der Waals surface area contributed by atoms with Gasteiger partial charge in [0.05, 0.1) is 0 Å². The van der Waals surface area contributed by atoms with Crippen LogP contribution in [0.3, 0.4) is 0 Å². The second kappa shape index (κ2) is 2.12. The summed E-state index contributed by atoms with van der Waals surface area (Å²) >= 11 is 0. The van der Waals surface area contributed by atoms with Gasteiger partial charge in [0.2, 0.25) is 0 Å². The van der Waals surface area contributed by atoms with Gasteiger partial charge in [-0.3, -0.25) is 0 Å². The van der Waals surface area contributed by atoms with Crippen molar-refractivity contribution in [3.8, 4) is 0 Å². The van der Waals surface area contributed by atoms with Crippen molar-refractivity contribution in [3.63, 3.8) is 0 Å². The molecule has 0 nitrogen and oxygen atoms in total. The van der Waals surface area contributed by atoms with Crippen LogP contribution >= 0.6 is 0 Å². The molecule has 0 fully saturated rings. The van der Waals surface area contributed by atoms with Crippen LogP contribution < -0.4 is 0 Å². The Morgan fingerprint density at radius 2 is 2.20 bits per heavy atom. The van der Waals surface area contributed by atoms with E-state index in [2.05, 4.69) is 18.7 Å². The summed E-state index contributed by atoms with van der Waals surface area (Å²) in [5.74, 6) is 0. The van der Waals surface area contributed by atoms with Crippen molar-refractivity contribution in [2.24, 2.45) is 0 Å². The van der Waals surface area contributed by atoms with Gasteiger partial charge in [-0.05, 0) is 31.3 Å². The summed E-state index contributed by atoms with van der Waals surface area (Å²) in [7, 11) is 0. The Kier molecular flexibility index (Phi) is 1.26. The van der Waals surface area contributed by atoms with Crippen molar-refractivity contribution >= 4 is 0 Å². The molecule has 2 aliphatic rings. The van der Waals surface area contributed by atoms with E-state index in [1.54, 1.807) is 11.1 Å². The first-order chi connectivity index (χ1) is 4.86. The first kappa shape index (κ1) is 5.96. The van der Waals surface area contributed by atoms with Crippen LogP contribution in [0.15, 0.2) is 35.5 Å². The van der Waals surface area contributed by atoms with E-state index >= 15 is 0 Å². The van der Waals surface area contributed by atoms with Gasteiger partial charge in [-0.15, -0.1) is 0 Å². The van der Waals surface area contributed by atoms with E-state index in [0.717, 1.165) is 6.42 Å². The standard InChI is InChI=1S/C10H12/c1-8-6-9-4-2-3-5-10(9)7-8/h2,4H,1,3,5-7H2. The minimum atomic E-state index is 1.14. The highest BCUT2D eigenvalue weighted by Gasteiger charge is 2.16. The zero-order valence-corrected chi connectivity index (χ0v) is 6.19. The average Bonchev–Trinajstić information content (AvgIpc) is 2.27. The lowest BCUT2D eigenvalue weighted by Crippen LogP contribution is -1.85. The number of allylic oxidation sites excluding steroid dienone is 5. The maximum Gasteiger partial charge on any atom is -0.00670 e. The van der Waals surface area contributed by atoms with Crippen LogP contribution in [0.1, 0.15) is 25.7 Å². The summed E-state index contributed by atoms with van der Waals surface area (Å²) in [4.78, 5) is 0. The molecule has 0 amide bonds. The van der Waals surface area contributed by atoms with Gasteiger partial charge in [0.1, 0.15) is 0 Å². The third-order valence-electron chi connectivity index (χ3n) is 2.29. The van der Waals surface area contributed by atoms with Crippen LogP contribution in [-0.4, -0.2) is 0 Å². The fourth-order valence-electron chi connectivity index (χ4n) is 1.78. The van der Waals surface area contributed by atoms with Crippen LogP contribution in [0, 0.1) is 0 Å². The molecule has 52 valence electrons. The Labute approximate surface area is 61.9 Å². The van der Waals surface area contributed by atoms with Crippen molar-refractivity contribution in [3.05, 3.63) is 35.5 Å². The fourth-order valence-corrected chi connectivity index (χ4v) is 1.78. The van der Waals surface area contributed by atoms with E-state index < -0.39 is 0 Å². The third-order valence-corrected chi connectivity index (χ3v) is 2.29. The molecule has 0 saturated carbocycles. The molecule has 0 aliphatic heterocycles. The first-order valence-electron chi connectivity index (χ1n) is 3.90. The predicted octanol–water partition coefficient (Wildman–Crippen LogP) is 2.98. The highest BCUT2D eigenvalue weighted by molar-refractivity contribution is 5.40. The topological polar surface area (TPSA) is 0 Å². The van der Waals surface area contributed by atoms with Gasteiger partial charge < -0.3 is 0 Å². The fraction of sp³-hybridized carbons (Fsp3) is 0.400. The Bertz CT molecular complexity index is 228. The summed E-state index contributed by atoms with van der Waals surface area (Å²) < 4.78 is 0. The highest BCUT2D eigenvalue weighted by Crippen LogP contribution is 2.35. The minimum Gasteiger partial charge on any atom is -0.0992 e. The molecule has 0 radical (unpaired) electrons. The Morgan fingerprint density at radius 3 is 3.00 bits per heavy atom. The molecule has 0 aromatic rings. The lowest BCUT2D eigenvalue weighted by atomic mass is 10.0. The van der Waals surface area contributed by atoms with Crippen molar-refractivity contribution in [1.82, 2.24) is 0 Å². The van der Waals surface area contributed by atoms with Crippen molar-refractivity contribution in [2.75, 3.05) is 0 Å². The maximum absolute atomic E-state index is 4.00. The van der Waals surface area contributed by atoms with Crippen LogP contribution in [0.5, 0.6) is 0 Å². The molecule has 0 heterocycles. The van der Waals surface area contributed by atoms with Crippen LogP contribution in [0.25, 0.3) is 0 Å². The van der Waals surface area contributed by atoms with Gasteiger partial charge >= 0.3 is 0 Å². The predicted molar refractivity (Wildman–Crippen MR) is 43.8 cm³/mol. The molecule has 0 spiro atoms. The van der Waals surface area contributed by atoms with E-state index in [0.29, 0.717) is 0 Å². The zero-order chi connectivity index (χ0) is 6.97. The molecule has 0 N–H and O–H groups in total. The molecule has 0 aromatic heterocycles. The van der Waals surface area contributed by atoms with Gasteiger partial charge in [0.25, 0.3) is 0 Å². The molecule has 0 aromatic carbocycles. The third kappa shape index (κ3) is 0.841. The summed E-state index contributed by atoms with van der Waals surface area (Å²) in [6.45, 7) is 4.00. The van der Waals surface area contributed by atoms with Crippen molar-refractivity contribution in [2.45, 2.75) is 25.7 Å². The lowest BCUT2D eigenvalue weighted by molar-refractivity contribution is 0.925.